The summed E-state index contributed by atoms with van der Waals surface area (Å²) in [6.45, 7) is 1.22. The number of carbonyl (C=O) groups excluding carboxylic acids is 4. The van der Waals surface area contributed by atoms with Gasteiger partial charge in [-0.2, -0.15) is 0 Å². The minimum absolute atomic E-state index is 0.0480. The zero-order valence-corrected chi connectivity index (χ0v) is 16.3. The maximum atomic E-state index is 12.9. The van der Waals surface area contributed by atoms with Gasteiger partial charge >= 0.3 is 0 Å². The van der Waals surface area contributed by atoms with Gasteiger partial charge in [-0.05, 0) is 49.9 Å². The van der Waals surface area contributed by atoms with Gasteiger partial charge in [-0.1, -0.05) is 18.9 Å². The summed E-state index contributed by atoms with van der Waals surface area (Å²) >= 11 is 0. The van der Waals surface area contributed by atoms with Gasteiger partial charge in [-0.25, -0.2) is 0 Å². The second-order valence-electron chi connectivity index (χ2n) is 8.21. The van der Waals surface area contributed by atoms with Gasteiger partial charge in [0, 0.05) is 18.5 Å². The summed E-state index contributed by atoms with van der Waals surface area (Å²) < 4.78 is 0. The first-order chi connectivity index (χ1) is 13.9. The Morgan fingerprint density at radius 2 is 1.83 bits per heavy atom. The van der Waals surface area contributed by atoms with Gasteiger partial charge in [-0.3, -0.25) is 29.4 Å². The molecule has 29 heavy (non-hydrogen) atoms. The van der Waals surface area contributed by atoms with Gasteiger partial charge in [0.25, 0.3) is 11.8 Å². The molecule has 0 aromatic heterocycles. The van der Waals surface area contributed by atoms with E-state index in [4.69, 9.17) is 5.73 Å². The normalized spacial score (nSPS) is 23.5. The molecule has 0 radical (unpaired) electrons. The maximum absolute atomic E-state index is 12.9. The Morgan fingerprint density at radius 1 is 1.10 bits per heavy atom. The van der Waals surface area contributed by atoms with Crippen molar-refractivity contribution in [3.63, 3.8) is 0 Å². The van der Waals surface area contributed by atoms with E-state index in [2.05, 4.69) is 10.6 Å². The number of nitrogens with one attached hydrogen (secondary N) is 2. The lowest BCUT2D eigenvalue weighted by molar-refractivity contribution is -0.136. The average Bonchev–Trinajstić information content (AvgIpc) is 3.25. The van der Waals surface area contributed by atoms with Gasteiger partial charge in [0.1, 0.15) is 6.04 Å². The molecular formula is C21H26N4O4. The van der Waals surface area contributed by atoms with Gasteiger partial charge in [0.15, 0.2) is 0 Å². The summed E-state index contributed by atoms with van der Waals surface area (Å²) in [6, 6.07) is 4.30. The molecule has 1 aromatic rings. The number of rotatable bonds is 6. The van der Waals surface area contributed by atoms with E-state index in [9.17, 15) is 19.2 Å². The maximum Gasteiger partial charge on any atom is 0.262 e. The Bertz CT molecular complexity index is 875. The minimum atomic E-state index is -0.937. The van der Waals surface area contributed by atoms with E-state index in [1.54, 1.807) is 12.1 Å². The number of hydrogen-bond donors (Lipinski definition) is 3. The Balaban J connectivity index is 1.51. The number of carbonyl (C=O) groups is 4. The second-order valence-corrected chi connectivity index (χ2v) is 8.21. The van der Waals surface area contributed by atoms with Crippen molar-refractivity contribution in [3.05, 3.63) is 34.9 Å². The molecule has 1 atom stereocenters. The highest BCUT2D eigenvalue weighted by atomic mass is 16.2. The Morgan fingerprint density at radius 3 is 2.52 bits per heavy atom. The van der Waals surface area contributed by atoms with E-state index < -0.39 is 23.8 Å². The van der Waals surface area contributed by atoms with Crippen molar-refractivity contribution in [3.8, 4) is 0 Å². The monoisotopic (exact) mass is 398 g/mol. The standard InChI is InChI=1S/C21H26N4O4/c22-10-9-21(7-1-2-8-21)23-12-13-3-4-14-15(11-13)20(29)25(19(14)28)16-5-6-17(26)24-18(16)27/h3-4,11,16,23H,1-2,5-10,12,22H2,(H,24,26,27). The molecule has 3 aliphatic rings. The number of amides is 4. The molecule has 1 aliphatic carbocycles. The molecule has 4 amide bonds. The highest BCUT2D eigenvalue weighted by Gasteiger charge is 2.44. The Hall–Kier alpha value is -2.58. The van der Waals surface area contributed by atoms with Crippen molar-refractivity contribution in [2.45, 2.75) is 63.1 Å². The van der Waals surface area contributed by atoms with Crippen LogP contribution in [-0.2, 0) is 16.1 Å². The van der Waals surface area contributed by atoms with Crippen molar-refractivity contribution in [1.82, 2.24) is 15.5 Å². The highest BCUT2D eigenvalue weighted by molar-refractivity contribution is 6.23. The molecule has 8 nitrogen and oxygen atoms in total. The van der Waals surface area contributed by atoms with Crippen molar-refractivity contribution in [2.75, 3.05) is 6.54 Å². The molecule has 1 saturated carbocycles. The van der Waals surface area contributed by atoms with Crippen LogP contribution in [-0.4, -0.2) is 46.7 Å². The van der Waals surface area contributed by atoms with Crippen LogP contribution in [0.2, 0.25) is 0 Å². The summed E-state index contributed by atoms with van der Waals surface area (Å²) in [5.74, 6) is -1.93. The van der Waals surface area contributed by atoms with Crippen molar-refractivity contribution in [2.24, 2.45) is 5.73 Å². The summed E-state index contributed by atoms with van der Waals surface area (Å²) in [5.41, 5.74) is 7.38. The van der Waals surface area contributed by atoms with E-state index in [1.165, 1.54) is 12.8 Å². The third kappa shape index (κ3) is 3.58. The fraction of sp³-hybridized carbons (Fsp3) is 0.524. The van der Waals surface area contributed by atoms with Crippen LogP contribution in [0.1, 0.15) is 71.2 Å². The van der Waals surface area contributed by atoms with Crippen LogP contribution in [0.4, 0.5) is 0 Å². The summed E-state index contributed by atoms with van der Waals surface area (Å²) in [5, 5.41) is 5.83. The number of fused-ring (bicyclic) bond motifs is 1. The first kappa shape index (κ1) is 19.7. The topological polar surface area (TPSA) is 122 Å². The van der Waals surface area contributed by atoms with Crippen LogP contribution in [0.25, 0.3) is 0 Å². The lowest BCUT2D eigenvalue weighted by Gasteiger charge is -2.30. The predicted molar refractivity (Wildman–Crippen MR) is 105 cm³/mol. The highest BCUT2D eigenvalue weighted by Crippen LogP contribution is 2.33. The molecule has 8 heteroatoms. The minimum Gasteiger partial charge on any atom is -0.330 e. The Kier molecular flexibility index (Phi) is 5.23. The van der Waals surface area contributed by atoms with Gasteiger partial charge in [-0.15, -0.1) is 0 Å². The molecule has 0 spiro atoms. The molecule has 4 N–H and O–H groups in total. The molecule has 2 aliphatic heterocycles. The third-order valence-electron chi connectivity index (χ3n) is 6.36. The average molecular weight is 398 g/mol. The van der Waals surface area contributed by atoms with Crippen LogP contribution in [0.15, 0.2) is 18.2 Å². The van der Waals surface area contributed by atoms with Crippen LogP contribution in [0, 0.1) is 0 Å². The molecule has 2 heterocycles. The third-order valence-corrected chi connectivity index (χ3v) is 6.36. The molecule has 1 aromatic carbocycles. The van der Waals surface area contributed by atoms with E-state index in [0.29, 0.717) is 24.2 Å². The first-order valence-corrected chi connectivity index (χ1v) is 10.2. The van der Waals surface area contributed by atoms with Crippen molar-refractivity contribution < 1.29 is 19.2 Å². The van der Waals surface area contributed by atoms with Crippen LogP contribution in [0.3, 0.4) is 0 Å². The molecule has 154 valence electrons. The number of hydrogen-bond acceptors (Lipinski definition) is 6. The van der Waals surface area contributed by atoms with Crippen molar-refractivity contribution >= 4 is 23.6 Å². The molecule has 2 fully saturated rings. The van der Waals surface area contributed by atoms with E-state index >= 15 is 0 Å². The summed E-state index contributed by atoms with van der Waals surface area (Å²) in [6.07, 6.45) is 5.74. The fourth-order valence-corrected chi connectivity index (χ4v) is 4.76. The van der Waals surface area contributed by atoms with Gasteiger partial charge < -0.3 is 11.1 Å². The van der Waals surface area contributed by atoms with Crippen molar-refractivity contribution in [1.29, 1.82) is 0 Å². The molecule has 1 unspecified atom stereocenters. The number of imide groups is 2. The summed E-state index contributed by atoms with van der Waals surface area (Å²) in [7, 11) is 0. The first-order valence-electron chi connectivity index (χ1n) is 10.2. The van der Waals surface area contributed by atoms with E-state index in [1.807, 2.05) is 6.07 Å². The van der Waals surface area contributed by atoms with E-state index in [-0.39, 0.29) is 24.3 Å². The number of benzene rings is 1. The zero-order chi connectivity index (χ0) is 20.6. The second kappa shape index (κ2) is 7.68. The van der Waals surface area contributed by atoms with Crippen LogP contribution in [0.5, 0.6) is 0 Å². The zero-order valence-electron chi connectivity index (χ0n) is 16.3. The fourth-order valence-electron chi connectivity index (χ4n) is 4.76. The van der Waals surface area contributed by atoms with Crippen LogP contribution < -0.4 is 16.4 Å². The quantitative estimate of drug-likeness (QED) is 0.611. The molecule has 0 bridgehead atoms. The van der Waals surface area contributed by atoms with Crippen LogP contribution >= 0.6 is 0 Å². The number of nitrogens with two attached hydrogens (primary N) is 1. The Labute approximate surface area is 169 Å². The SMILES string of the molecule is NCCC1(NCc2ccc3c(c2)C(=O)N(C2CCC(=O)NC2=O)C3=O)CCCC1. The van der Waals surface area contributed by atoms with Gasteiger partial charge in [0.05, 0.1) is 11.1 Å². The molecule has 4 rings (SSSR count). The van der Waals surface area contributed by atoms with E-state index in [0.717, 1.165) is 29.7 Å². The smallest absolute Gasteiger partial charge is 0.262 e. The largest absolute Gasteiger partial charge is 0.330 e. The molecular weight excluding hydrogens is 372 g/mol. The predicted octanol–water partition coefficient (Wildman–Crippen LogP) is 0.839. The lowest BCUT2D eigenvalue weighted by atomic mass is 9.92. The van der Waals surface area contributed by atoms with Gasteiger partial charge in [0.2, 0.25) is 11.8 Å². The number of piperidine rings is 1. The summed E-state index contributed by atoms with van der Waals surface area (Å²) in [4.78, 5) is 50.2. The molecule has 1 saturated heterocycles. The number of nitrogens with zero attached hydrogens (tertiary/aromatic N) is 1. The lowest BCUT2D eigenvalue weighted by Crippen LogP contribution is -2.54.